The lowest BCUT2D eigenvalue weighted by Gasteiger charge is -2.26. The number of carbonyl (C=O) groups is 1. The van der Waals surface area contributed by atoms with Gasteiger partial charge >= 0.3 is 0 Å². The predicted molar refractivity (Wildman–Crippen MR) is 74.8 cm³/mol. The molecule has 19 heavy (non-hydrogen) atoms. The zero-order valence-corrected chi connectivity index (χ0v) is 12.0. The quantitative estimate of drug-likeness (QED) is 0.676. The average Bonchev–Trinajstić information content (AvgIpc) is 2.41. The first-order valence-electron chi connectivity index (χ1n) is 6.55. The summed E-state index contributed by atoms with van der Waals surface area (Å²) >= 11 is 0. The highest BCUT2D eigenvalue weighted by Crippen LogP contribution is 2.08. The summed E-state index contributed by atoms with van der Waals surface area (Å²) in [6.45, 7) is 5.69. The molecule has 0 aromatic heterocycles. The Morgan fingerprint density at radius 2 is 1.89 bits per heavy atom. The number of hydrogen-bond acceptors (Lipinski definition) is 3. The lowest BCUT2D eigenvalue weighted by Crippen LogP contribution is -2.38. The van der Waals surface area contributed by atoms with Gasteiger partial charge in [0, 0.05) is 19.7 Å². The summed E-state index contributed by atoms with van der Waals surface area (Å²) in [7, 11) is 1.61. The van der Waals surface area contributed by atoms with Gasteiger partial charge in [0.2, 0.25) is 5.91 Å². The molecule has 0 heterocycles. The van der Waals surface area contributed by atoms with Gasteiger partial charge in [0.15, 0.2) is 0 Å². The Bertz CT molecular complexity index is 365. The first kappa shape index (κ1) is 15.7. The lowest BCUT2D eigenvalue weighted by atomic mass is 10.2. The van der Waals surface area contributed by atoms with Gasteiger partial charge in [-0.2, -0.15) is 0 Å². The molecule has 1 aromatic rings. The van der Waals surface area contributed by atoms with Gasteiger partial charge in [-0.1, -0.05) is 30.3 Å². The molecule has 0 aliphatic heterocycles. The maximum absolute atomic E-state index is 12.1. The van der Waals surface area contributed by atoms with Crippen molar-refractivity contribution in [3.63, 3.8) is 0 Å². The van der Waals surface area contributed by atoms with Crippen LogP contribution in [-0.4, -0.2) is 43.8 Å². The first-order valence-corrected chi connectivity index (χ1v) is 6.55. The van der Waals surface area contributed by atoms with Crippen LogP contribution in [0, 0.1) is 0 Å². The molecule has 0 saturated heterocycles. The Morgan fingerprint density at radius 1 is 1.21 bits per heavy atom. The van der Waals surface area contributed by atoms with Crippen LogP contribution in [0.1, 0.15) is 19.4 Å². The second kappa shape index (κ2) is 8.67. The normalized spacial score (nSPS) is 10.7. The number of rotatable bonds is 8. The summed E-state index contributed by atoms with van der Waals surface area (Å²) in [5.74, 6) is 0.00922. The van der Waals surface area contributed by atoms with Crippen molar-refractivity contribution < 1.29 is 14.3 Å². The van der Waals surface area contributed by atoms with Crippen LogP contribution in [0.3, 0.4) is 0 Å². The number of amides is 1. The summed E-state index contributed by atoms with van der Waals surface area (Å²) < 4.78 is 10.2. The van der Waals surface area contributed by atoms with E-state index in [2.05, 4.69) is 0 Å². The number of methoxy groups -OCH3 is 1. The lowest BCUT2D eigenvalue weighted by molar-refractivity contribution is -0.139. The molecule has 0 aliphatic rings. The van der Waals surface area contributed by atoms with E-state index in [9.17, 15) is 4.79 Å². The highest BCUT2D eigenvalue weighted by Gasteiger charge is 2.17. The van der Waals surface area contributed by atoms with Crippen molar-refractivity contribution in [2.24, 2.45) is 0 Å². The van der Waals surface area contributed by atoms with Crippen LogP contribution >= 0.6 is 0 Å². The fourth-order valence-electron chi connectivity index (χ4n) is 1.72. The molecule has 0 saturated carbocycles. The second-order valence-corrected chi connectivity index (χ2v) is 4.65. The number of benzene rings is 1. The van der Waals surface area contributed by atoms with Gasteiger partial charge in [-0.3, -0.25) is 4.79 Å². The van der Waals surface area contributed by atoms with E-state index in [1.54, 1.807) is 7.11 Å². The highest BCUT2D eigenvalue weighted by atomic mass is 16.5. The molecule has 1 amide bonds. The molecule has 0 unspecified atom stereocenters. The minimum atomic E-state index is 0.00922. The van der Waals surface area contributed by atoms with Gasteiger partial charge in [-0.15, -0.1) is 0 Å². The number of ether oxygens (including phenoxy) is 2. The second-order valence-electron chi connectivity index (χ2n) is 4.65. The SMILES string of the molecule is COCCOCC(=O)N(Cc1ccccc1)C(C)C. The third-order valence-electron chi connectivity index (χ3n) is 2.80. The molecular formula is C15H23NO3. The summed E-state index contributed by atoms with van der Waals surface area (Å²) in [5, 5.41) is 0. The van der Waals surface area contributed by atoms with Crippen molar-refractivity contribution in [2.45, 2.75) is 26.4 Å². The van der Waals surface area contributed by atoms with E-state index in [0.717, 1.165) is 5.56 Å². The molecule has 0 aliphatic carbocycles. The van der Waals surface area contributed by atoms with Crippen LogP contribution in [0.2, 0.25) is 0 Å². The summed E-state index contributed by atoms with van der Waals surface area (Å²) in [5.41, 5.74) is 1.13. The van der Waals surface area contributed by atoms with Gasteiger partial charge in [-0.25, -0.2) is 0 Å². The third kappa shape index (κ3) is 5.85. The van der Waals surface area contributed by atoms with E-state index in [4.69, 9.17) is 9.47 Å². The zero-order chi connectivity index (χ0) is 14.1. The van der Waals surface area contributed by atoms with Crippen molar-refractivity contribution >= 4 is 5.91 Å². The minimum Gasteiger partial charge on any atom is -0.382 e. The number of hydrogen-bond donors (Lipinski definition) is 0. The van der Waals surface area contributed by atoms with Crippen molar-refractivity contribution in [3.8, 4) is 0 Å². The largest absolute Gasteiger partial charge is 0.382 e. The standard InChI is InChI=1S/C15H23NO3/c1-13(2)16(11-14-7-5-4-6-8-14)15(17)12-19-10-9-18-3/h4-8,13H,9-12H2,1-3H3. The maximum Gasteiger partial charge on any atom is 0.249 e. The van der Waals surface area contributed by atoms with Gasteiger partial charge in [0.05, 0.1) is 13.2 Å². The smallest absolute Gasteiger partial charge is 0.249 e. The van der Waals surface area contributed by atoms with Crippen LogP contribution in [0.25, 0.3) is 0 Å². The van der Waals surface area contributed by atoms with Gasteiger partial charge in [-0.05, 0) is 19.4 Å². The molecule has 106 valence electrons. The first-order chi connectivity index (χ1) is 9.15. The van der Waals surface area contributed by atoms with Crippen molar-refractivity contribution in [3.05, 3.63) is 35.9 Å². The van der Waals surface area contributed by atoms with E-state index in [1.807, 2.05) is 49.1 Å². The van der Waals surface area contributed by atoms with Gasteiger partial charge in [0.25, 0.3) is 0 Å². The van der Waals surface area contributed by atoms with Gasteiger partial charge < -0.3 is 14.4 Å². The molecule has 0 bridgehead atoms. The Kier molecular flexibility index (Phi) is 7.15. The van der Waals surface area contributed by atoms with E-state index < -0.39 is 0 Å². The minimum absolute atomic E-state index is 0.00922. The van der Waals surface area contributed by atoms with Crippen LogP contribution in [0.5, 0.6) is 0 Å². The molecule has 4 heteroatoms. The van der Waals surface area contributed by atoms with Crippen molar-refractivity contribution in [2.75, 3.05) is 26.9 Å². The summed E-state index contributed by atoms with van der Waals surface area (Å²) in [6, 6.07) is 10.1. The topological polar surface area (TPSA) is 38.8 Å². The van der Waals surface area contributed by atoms with Crippen LogP contribution in [0.4, 0.5) is 0 Å². The molecule has 0 spiro atoms. The van der Waals surface area contributed by atoms with Gasteiger partial charge in [0.1, 0.15) is 6.61 Å². The molecule has 1 rings (SSSR count). The number of nitrogens with zero attached hydrogens (tertiary/aromatic N) is 1. The van der Waals surface area contributed by atoms with Crippen LogP contribution < -0.4 is 0 Å². The van der Waals surface area contributed by atoms with E-state index in [1.165, 1.54) is 0 Å². The monoisotopic (exact) mass is 265 g/mol. The van der Waals surface area contributed by atoms with Crippen LogP contribution in [0.15, 0.2) is 30.3 Å². The highest BCUT2D eigenvalue weighted by molar-refractivity contribution is 5.77. The molecule has 0 radical (unpaired) electrons. The third-order valence-corrected chi connectivity index (χ3v) is 2.80. The Labute approximate surface area is 115 Å². The molecule has 0 fully saturated rings. The number of carbonyl (C=O) groups excluding carboxylic acids is 1. The molecule has 0 atom stereocenters. The zero-order valence-electron chi connectivity index (χ0n) is 12.0. The Hall–Kier alpha value is -1.39. The Morgan fingerprint density at radius 3 is 2.47 bits per heavy atom. The average molecular weight is 265 g/mol. The van der Waals surface area contributed by atoms with E-state index in [-0.39, 0.29) is 18.6 Å². The van der Waals surface area contributed by atoms with Crippen LogP contribution in [-0.2, 0) is 20.8 Å². The van der Waals surface area contributed by atoms with E-state index >= 15 is 0 Å². The summed E-state index contributed by atoms with van der Waals surface area (Å²) in [6.07, 6.45) is 0. The molecular weight excluding hydrogens is 242 g/mol. The molecule has 0 N–H and O–H groups in total. The predicted octanol–water partition coefficient (Wildman–Crippen LogP) is 2.09. The van der Waals surface area contributed by atoms with Crippen molar-refractivity contribution in [1.82, 2.24) is 4.90 Å². The molecule has 1 aromatic carbocycles. The van der Waals surface area contributed by atoms with E-state index in [0.29, 0.717) is 19.8 Å². The Balaban J connectivity index is 2.50. The fourth-order valence-corrected chi connectivity index (χ4v) is 1.72. The summed E-state index contributed by atoms with van der Waals surface area (Å²) in [4.78, 5) is 13.9. The molecule has 4 nitrogen and oxygen atoms in total. The fraction of sp³-hybridized carbons (Fsp3) is 0.533. The maximum atomic E-state index is 12.1. The van der Waals surface area contributed by atoms with Crippen molar-refractivity contribution in [1.29, 1.82) is 0 Å².